The van der Waals surface area contributed by atoms with Crippen molar-refractivity contribution >= 4 is 5.97 Å². The summed E-state index contributed by atoms with van der Waals surface area (Å²) in [5.74, 6) is 0.558. The summed E-state index contributed by atoms with van der Waals surface area (Å²) in [6.07, 6.45) is -4.66. The van der Waals surface area contributed by atoms with Crippen LogP contribution in [0.25, 0.3) is 11.1 Å². The SMILES string of the molecule is COc1ccc(OC(=O)c2ccc(-c3ccc(COC(F)(F)F)cc3)cc2)cc1. The second-order valence-electron chi connectivity index (χ2n) is 6.07. The fraction of sp³-hybridized carbons (Fsp3) is 0.136. The Kier molecular flexibility index (Phi) is 6.19. The number of rotatable bonds is 6. The lowest BCUT2D eigenvalue weighted by molar-refractivity contribution is -0.330. The molecule has 0 heterocycles. The van der Waals surface area contributed by atoms with Crippen LogP contribution in [0.3, 0.4) is 0 Å². The van der Waals surface area contributed by atoms with Gasteiger partial charge in [0.15, 0.2) is 0 Å². The number of benzene rings is 3. The third-order valence-electron chi connectivity index (χ3n) is 4.08. The summed E-state index contributed by atoms with van der Waals surface area (Å²) in [7, 11) is 1.55. The molecule has 0 aliphatic heterocycles. The highest BCUT2D eigenvalue weighted by atomic mass is 19.4. The van der Waals surface area contributed by atoms with Crippen molar-refractivity contribution in [2.24, 2.45) is 0 Å². The molecule has 0 atom stereocenters. The molecule has 0 unspecified atom stereocenters. The Labute approximate surface area is 165 Å². The van der Waals surface area contributed by atoms with Crippen LogP contribution in [0.1, 0.15) is 15.9 Å². The number of hydrogen-bond acceptors (Lipinski definition) is 4. The van der Waals surface area contributed by atoms with Gasteiger partial charge in [-0.15, -0.1) is 13.2 Å². The topological polar surface area (TPSA) is 44.8 Å². The maximum absolute atomic E-state index is 12.3. The van der Waals surface area contributed by atoms with E-state index in [1.807, 2.05) is 0 Å². The zero-order valence-electron chi connectivity index (χ0n) is 15.4. The number of ether oxygens (including phenoxy) is 3. The van der Waals surface area contributed by atoms with E-state index in [1.54, 1.807) is 79.9 Å². The fourth-order valence-electron chi connectivity index (χ4n) is 2.57. The minimum Gasteiger partial charge on any atom is -0.497 e. The highest BCUT2D eigenvalue weighted by Gasteiger charge is 2.28. The monoisotopic (exact) mass is 402 g/mol. The molecule has 3 aromatic carbocycles. The van der Waals surface area contributed by atoms with E-state index in [9.17, 15) is 18.0 Å². The van der Waals surface area contributed by atoms with Crippen molar-refractivity contribution < 1.29 is 32.2 Å². The van der Waals surface area contributed by atoms with Crippen molar-refractivity contribution in [3.8, 4) is 22.6 Å². The summed E-state index contributed by atoms with van der Waals surface area (Å²) in [5, 5.41) is 0. The normalized spacial score (nSPS) is 11.2. The average molecular weight is 402 g/mol. The quantitative estimate of drug-likeness (QED) is 0.397. The van der Waals surface area contributed by atoms with Gasteiger partial charge in [-0.1, -0.05) is 36.4 Å². The van der Waals surface area contributed by atoms with E-state index < -0.39 is 18.9 Å². The predicted molar refractivity (Wildman–Crippen MR) is 101 cm³/mol. The van der Waals surface area contributed by atoms with Crippen LogP contribution in [0.5, 0.6) is 11.5 Å². The van der Waals surface area contributed by atoms with Gasteiger partial charge in [-0.2, -0.15) is 0 Å². The lowest BCUT2D eigenvalue weighted by atomic mass is 10.0. The second-order valence-corrected chi connectivity index (χ2v) is 6.07. The summed E-state index contributed by atoms with van der Waals surface area (Å²) in [6, 6.07) is 19.9. The van der Waals surface area contributed by atoms with Crippen LogP contribution in [-0.4, -0.2) is 19.4 Å². The van der Waals surface area contributed by atoms with Crippen molar-refractivity contribution in [3.05, 3.63) is 83.9 Å². The summed E-state index contributed by atoms with van der Waals surface area (Å²) in [6.45, 7) is -0.542. The van der Waals surface area contributed by atoms with Crippen LogP contribution in [0.4, 0.5) is 13.2 Å². The van der Waals surface area contributed by atoms with Crippen molar-refractivity contribution in [1.82, 2.24) is 0 Å². The largest absolute Gasteiger partial charge is 0.522 e. The van der Waals surface area contributed by atoms with E-state index in [1.165, 1.54) is 0 Å². The fourth-order valence-corrected chi connectivity index (χ4v) is 2.57. The second kappa shape index (κ2) is 8.79. The van der Waals surface area contributed by atoms with Gasteiger partial charge in [-0.25, -0.2) is 4.79 Å². The number of esters is 1. The van der Waals surface area contributed by atoms with Crippen molar-refractivity contribution in [3.63, 3.8) is 0 Å². The van der Waals surface area contributed by atoms with Crippen LogP contribution >= 0.6 is 0 Å². The zero-order valence-corrected chi connectivity index (χ0v) is 15.4. The Morgan fingerprint density at radius 2 is 1.31 bits per heavy atom. The third-order valence-corrected chi connectivity index (χ3v) is 4.08. The molecule has 3 rings (SSSR count). The first-order valence-corrected chi connectivity index (χ1v) is 8.60. The highest BCUT2D eigenvalue weighted by molar-refractivity contribution is 5.91. The van der Waals surface area contributed by atoms with E-state index >= 15 is 0 Å². The molecule has 0 bridgehead atoms. The van der Waals surface area contributed by atoms with Crippen LogP contribution in [0.2, 0.25) is 0 Å². The van der Waals surface area contributed by atoms with Crippen molar-refractivity contribution in [2.45, 2.75) is 13.0 Å². The molecular formula is C22H17F3O4. The molecule has 0 saturated carbocycles. The summed E-state index contributed by atoms with van der Waals surface area (Å²) < 4.78 is 50.5. The first kappa shape index (κ1) is 20.4. The number of hydrogen-bond donors (Lipinski definition) is 0. The number of halogens is 3. The minimum absolute atomic E-state index is 0.375. The molecule has 0 aliphatic rings. The summed E-state index contributed by atoms with van der Waals surface area (Å²) >= 11 is 0. The average Bonchev–Trinajstić information content (AvgIpc) is 2.73. The van der Waals surface area contributed by atoms with E-state index in [0.29, 0.717) is 22.6 Å². The molecule has 0 radical (unpaired) electrons. The Hall–Kier alpha value is -3.32. The molecule has 0 fully saturated rings. The van der Waals surface area contributed by atoms with Gasteiger partial charge < -0.3 is 9.47 Å². The Morgan fingerprint density at radius 1 is 0.793 bits per heavy atom. The maximum atomic E-state index is 12.3. The molecule has 29 heavy (non-hydrogen) atoms. The van der Waals surface area contributed by atoms with E-state index in [-0.39, 0.29) is 0 Å². The number of carbonyl (C=O) groups is 1. The lowest BCUT2D eigenvalue weighted by Gasteiger charge is -2.09. The van der Waals surface area contributed by atoms with Gasteiger partial charge >= 0.3 is 12.3 Å². The molecule has 0 N–H and O–H groups in total. The molecule has 0 aromatic heterocycles. The minimum atomic E-state index is -4.66. The number of carbonyl (C=O) groups excluding carboxylic acids is 1. The van der Waals surface area contributed by atoms with E-state index in [0.717, 1.165) is 11.1 Å². The molecule has 0 aliphatic carbocycles. The molecule has 0 saturated heterocycles. The van der Waals surface area contributed by atoms with Gasteiger partial charge in [0.05, 0.1) is 19.3 Å². The first-order chi connectivity index (χ1) is 13.8. The zero-order chi connectivity index (χ0) is 20.9. The van der Waals surface area contributed by atoms with Crippen LogP contribution in [-0.2, 0) is 11.3 Å². The van der Waals surface area contributed by atoms with Gasteiger partial charge in [-0.05, 0) is 53.1 Å². The van der Waals surface area contributed by atoms with E-state index in [2.05, 4.69) is 4.74 Å². The first-order valence-electron chi connectivity index (χ1n) is 8.60. The summed E-state index contributed by atoms with van der Waals surface area (Å²) in [5.41, 5.74) is 2.40. The standard InChI is InChI=1S/C22H17F3O4/c1-27-19-10-12-20(13-11-19)29-21(26)18-8-6-17(7-9-18)16-4-2-15(3-5-16)14-28-22(23,24)25/h2-13H,14H2,1H3. The van der Waals surface area contributed by atoms with Gasteiger partial charge in [0, 0.05) is 0 Å². The number of alkyl halides is 3. The van der Waals surface area contributed by atoms with Gasteiger partial charge in [0.1, 0.15) is 11.5 Å². The number of methoxy groups -OCH3 is 1. The molecule has 7 heteroatoms. The third kappa shape index (κ3) is 5.83. The summed E-state index contributed by atoms with van der Waals surface area (Å²) in [4.78, 5) is 12.3. The van der Waals surface area contributed by atoms with Gasteiger partial charge in [-0.3, -0.25) is 4.74 Å². The maximum Gasteiger partial charge on any atom is 0.522 e. The Balaban J connectivity index is 1.63. The van der Waals surface area contributed by atoms with Gasteiger partial charge in [0.2, 0.25) is 0 Å². The predicted octanol–water partition coefficient (Wildman–Crippen LogP) is 5.62. The Bertz CT molecular complexity index is 947. The van der Waals surface area contributed by atoms with Crippen molar-refractivity contribution in [1.29, 1.82) is 0 Å². The molecule has 0 spiro atoms. The Morgan fingerprint density at radius 3 is 1.83 bits per heavy atom. The highest BCUT2D eigenvalue weighted by Crippen LogP contribution is 2.24. The van der Waals surface area contributed by atoms with Gasteiger partial charge in [0.25, 0.3) is 0 Å². The molecular weight excluding hydrogens is 385 g/mol. The molecule has 4 nitrogen and oxygen atoms in total. The smallest absolute Gasteiger partial charge is 0.497 e. The molecule has 150 valence electrons. The molecule has 0 amide bonds. The lowest BCUT2D eigenvalue weighted by Crippen LogP contribution is -2.12. The van der Waals surface area contributed by atoms with Crippen LogP contribution < -0.4 is 9.47 Å². The van der Waals surface area contributed by atoms with E-state index in [4.69, 9.17) is 9.47 Å². The van der Waals surface area contributed by atoms with Crippen LogP contribution in [0, 0.1) is 0 Å². The molecule has 3 aromatic rings. The van der Waals surface area contributed by atoms with Crippen LogP contribution in [0.15, 0.2) is 72.8 Å². The van der Waals surface area contributed by atoms with Crippen molar-refractivity contribution in [2.75, 3.05) is 7.11 Å².